The van der Waals surface area contributed by atoms with Crippen LogP contribution in [-0.2, 0) is 33.9 Å². The van der Waals surface area contributed by atoms with Gasteiger partial charge in [-0.1, -0.05) is 6.58 Å². The second-order valence-corrected chi connectivity index (χ2v) is 6.59. The largest absolute Gasteiger partial charge is 0.468 e. The number of carbonyl (C=O) groups is 2. The van der Waals surface area contributed by atoms with Gasteiger partial charge in [0.1, 0.15) is 0 Å². The second-order valence-electron chi connectivity index (χ2n) is 5.04. The molecule has 0 amide bonds. The van der Waals surface area contributed by atoms with Crippen molar-refractivity contribution in [1.82, 2.24) is 0 Å². The zero-order valence-corrected chi connectivity index (χ0v) is 14.8. The van der Waals surface area contributed by atoms with Gasteiger partial charge in [0.15, 0.2) is 6.10 Å². The van der Waals surface area contributed by atoms with Gasteiger partial charge in [0.25, 0.3) is 0 Å². The maximum atomic E-state index is 13.3. The lowest BCUT2D eigenvalue weighted by Crippen LogP contribution is -2.59. The van der Waals surface area contributed by atoms with Crippen LogP contribution in [0.5, 0.6) is 0 Å². The Morgan fingerprint density at radius 2 is 1.59 bits per heavy atom. The fourth-order valence-electron chi connectivity index (χ4n) is 1.32. The van der Waals surface area contributed by atoms with Crippen molar-refractivity contribution in [1.29, 1.82) is 0 Å². The second kappa shape index (κ2) is 8.78. The van der Waals surface area contributed by atoms with E-state index in [0.717, 1.165) is 0 Å². The first kappa shape index (κ1) is 27.0. The number of hydrogen-bond donors (Lipinski definition) is 1. The summed E-state index contributed by atoms with van der Waals surface area (Å²) in [5.41, 5.74) is 0. The van der Waals surface area contributed by atoms with Crippen LogP contribution in [-0.4, -0.2) is 61.0 Å². The zero-order valence-electron chi connectivity index (χ0n) is 14.0. The Balaban J connectivity index is 5.99. The van der Waals surface area contributed by atoms with Crippen molar-refractivity contribution in [2.24, 2.45) is 0 Å². The molecule has 0 aromatic rings. The van der Waals surface area contributed by atoms with Gasteiger partial charge >= 0.3 is 45.5 Å². The normalized spacial score (nSPS) is 16.5. The van der Waals surface area contributed by atoms with Gasteiger partial charge in [0.2, 0.25) is 0 Å². The van der Waals surface area contributed by atoms with Crippen LogP contribution >= 0.6 is 0 Å². The van der Waals surface area contributed by atoms with Gasteiger partial charge < -0.3 is 14.2 Å². The van der Waals surface area contributed by atoms with Gasteiger partial charge in [-0.15, -0.1) is 0 Å². The van der Waals surface area contributed by atoms with E-state index in [0.29, 0.717) is 0 Å². The highest BCUT2D eigenvalue weighted by atomic mass is 32.2. The zero-order chi connectivity index (χ0) is 23.5. The van der Waals surface area contributed by atoms with E-state index in [1.54, 1.807) is 0 Å². The Hall–Kier alpha value is -2.01. The van der Waals surface area contributed by atoms with Gasteiger partial charge in [0.05, 0.1) is 13.0 Å². The third kappa shape index (κ3) is 6.77. The van der Waals surface area contributed by atoms with Gasteiger partial charge in [-0.2, -0.15) is 43.5 Å². The summed E-state index contributed by atoms with van der Waals surface area (Å²) in [5.74, 6) is -10.1. The fraction of sp³-hybridized carbons (Fsp3) is 0.667. The van der Waals surface area contributed by atoms with Crippen LogP contribution in [0.3, 0.4) is 0 Å². The Morgan fingerprint density at radius 1 is 1.10 bits per heavy atom. The van der Waals surface area contributed by atoms with Gasteiger partial charge in [-0.25, -0.2) is 9.59 Å². The molecule has 2 unspecified atom stereocenters. The van der Waals surface area contributed by atoms with Crippen LogP contribution in [0.25, 0.3) is 0 Å². The number of rotatable bonds is 9. The molecule has 0 aliphatic rings. The van der Waals surface area contributed by atoms with Gasteiger partial charge in [0, 0.05) is 6.08 Å². The molecule has 0 aromatic heterocycles. The van der Waals surface area contributed by atoms with E-state index in [4.69, 9.17) is 4.55 Å². The maximum Gasteiger partial charge on any atom is 0.468 e. The van der Waals surface area contributed by atoms with Crippen molar-refractivity contribution in [3.63, 3.8) is 0 Å². The summed E-state index contributed by atoms with van der Waals surface area (Å²) >= 11 is 0. The number of halogens is 8. The molecule has 0 saturated heterocycles. The molecule has 0 heterocycles. The first-order chi connectivity index (χ1) is 12.7. The molecule has 0 bridgehead atoms. The molecular weight excluding hydrogens is 456 g/mol. The third-order valence-corrected chi connectivity index (χ3v) is 3.83. The number of ether oxygens (including phenoxy) is 3. The minimum absolute atomic E-state index is 0.0249. The molecule has 0 aromatic carbocycles. The quantitative estimate of drug-likeness (QED) is 0.180. The summed E-state index contributed by atoms with van der Waals surface area (Å²) in [4.78, 5) is 22.9. The Morgan fingerprint density at radius 3 is 1.93 bits per heavy atom. The molecule has 2 atom stereocenters. The highest BCUT2D eigenvalue weighted by Crippen LogP contribution is 2.38. The summed E-state index contributed by atoms with van der Waals surface area (Å²) in [6, 6.07) is 0. The third-order valence-electron chi connectivity index (χ3n) is 2.87. The molecule has 0 rings (SSSR count). The number of hydrogen-bond acceptors (Lipinski definition) is 7. The molecule has 0 aliphatic heterocycles. The van der Waals surface area contributed by atoms with Crippen molar-refractivity contribution in [2.75, 3.05) is 6.61 Å². The van der Waals surface area contributed by atoms with Crippen LogP contribution < -0.4 is 0 Å². The monoisotopic (exact) mass is 468 g/mol. The minimum atomic E-state index is -6.18. The Bertz CT molecular complexity index is 729. The topological polar surface area (TPSA) is 116 Å². The van der Waals surface area contributed by atoms with Crippen LogP contribution in [0.2, 0.25) is 0 Å². The van der Waals surface area contributed by atoms with Crippen molar-refractivity contribution < 1.29 is 71.9 Å². The average molecular weight is 468 g/mol. The van der Waals surface area contributed by atoms with E-state index < -0.39 is 64.6 Å². The van der Waals surface area contributed by atoms with Crippen molar-refractivity contribution in [2.45, 2.75) is 42.8 Å². The van der Waals surface area contributed by atoms with E-state index in [1.165, 1.54) is 0 Å². The fourth-order valence-corrected chi connectivity index (χ4v) is 1.66. The molecule has 170 valence electrons. The van der Waals surface area contributed by atoms with Crippen LogP contribution in [0.4, 0.5) is 35.1 Å². The van der Waals surface area contributed by atoms with Crippen LogP contribution in [0.1, 0.15) is 13.3 Å². The summed E-state index contributed by atoms with van der Waals surface area (Å²) < 4.78 is 144. The molecule has 0 spiro atoms. The number of alkyl halides is 8. The first-order valence-electron chi connectivity index (χ1n) is 6.90. The molecule has 1 N–H and O–H groups in total. The van der Waals surface area contributed by atoms with E-state index in [-0.39, 0.29) is 13.0 Å². The molecule has 29 heavy (non-hydrogen) atoms. The van der Waals surface area contributed by atoms with Crippen molar-refractivity contribution in [3.8, 4) is 0 Å². The van der Waals surface area contributed by atoms with E-state index in [1.807, 2.05) is 0 Å². The van der Waals surface area contributed by atoms with Crippen molar-refractivity contribution in [3.05, 3.63) is 12.7 Å². The predicted molar refractivity (Wildman–Crippen MR) is 73.7 cm³/mol. The molecular formula is C12H12F8O8S. The van der Waals surface area contributed by atoms with Crippen molar-refractivity contribution >= 4 is 22.1 Å². The molecule has 0 fully saturated rings. The van der Waals surface area contributed by atoms with E-state index in [9.17, 15) is 53.1 Å². The lowest BCUT2D eigenvalue weighted by Gasteiger charge is -2.33. The molecule has 8 nitrogen and oxygen atoms in total. The smallest absolute Gasteiger partial charge is 0.448 e. The number of esters is 2. The Labute approximate surface area is 157 Å². The van der Waals surface area contributed by atoms with E-state index in [2.05, 4.69) is 20.8 Å². The summed E-state index contributed by atoms with van der Waals surface area (Å²) in [6.07, 6.45) is -16.9. The molecule has 0 radical (unpaired) electrons. The predicted octanol–water partition coefficient (Wildman–Crippen LogP) is 2.36. The van der Waals surface area contributed by atoms with Crippen LogP contribution in [0, 0.1) is 0 Å². The van der Waals surface area contributed by atoms with Crippen LogP contribution in [0.15, 0.2) is 12.7 Å². The standard InChI is InChI=1S/C12H12F8O8S/c1-3-7(21)28-10(12(18,19)20,8(22)27-6(2)11(15,16)17)26-5-4-9(13,14)29(23,24)25/h3,6H,1,4-5H2,2H3,(H,23,24,25). The van der Waals surface area contributed by atoms with Gasteiger partial charge in [-0.05, 0) is 6.92 Å². The molecule has 0 aliphatic carbocycles. The van der Waals surface area contributed by atoms with Gasteiger partial charge in [-0.3, -0.25) is 4.55 Å². The minimum Gasteiger partial charge on any atom is -0.448 e. The molecule has 17 heteroatoms. The summed E-state index contributed by atoms with van der Waals surface area (Å²) in [5, 5.41) is -5.07. The SMILES string of the molecule is C=CC(=O)OC(OCCC(F)(F)S(=O)(=O)O)(C(=O)OC(C)C(F)(F)F)C(F)(F)F. The summed E-state index contributed by atoms with van der Waals surface area (Å²) in [6.45, 7) is 0.725. The first-order valence-corrected chi connectivity index (χ1v) is 8.34. The summed E-state index contributed by atoms with van der Waals surface area (Å²) in [7, 11) is -6.13. The lowest BCUT2D eigenvalue weighted by atomic mass is 10.2. The highest BCUT2D eigenvalue weighted by molar-refractivity contribution is 7.86. The maximum absolute atomic E-state index is 13.3. The lowest BCUT2D eigenvalue weighted by molar-refractivity contribution is -0.359. The Kier molecular flexibility index (Phi) is 8.17. The number of carbonyl (C=O) groups excluding carboxylic acids is 2. The average Bonchev–Trinajstić information content (AvgIpc) is 2.50. The molecule has 0 saturated carbocycles. The highest BCUT2D eigenvalue weighted by Gasteiger charge is 2.68. The van der Waals surface area contributed by atoms with E-state index >= 15 is 0 Å².